The van der Waals surface area contributed by atoms with Gasteiger partial charge in [-0.3, -0.25) is 9.59 Å². The van der Waals surface area contributed by atoms with E-state index in [0.717, 1.165) is 5.75 Å². The molecule has 0 aliphatic rings. The molecule has 0 aliphatic heterocycles. The second-order valence-corrected chi connectivity index (χ2v) is 5.65. The molecule has 0 saturated carbocycles. The average Bonchev–Trinajstić information content (AvgIpc) is 2.43. The Hall–Kier alpha value is -1.59. The molecule has 22 heavy (non-hydrogen) atoms. The van der Waals surface area contributed by atoms with Crippen LogP contribution in [0.15, 0.2) is 24.3 Å². The van der Waals surface area contributed by atoms with Gasteiger partial charge in [0, 0.05) is 30.5 Å². The summed E-state index contributed by atoms with van der Waals surface area (Å²) in [6, 6.07) is 6.95. The minimum absolute atomic E-state index is 0. The smallest absolute Gasteiger partial charge is 0.220 e. The molecular weight excluding hydrogens is 304 g/mol. The molecule has 1 aromatic rings. The van der Waals surface area contributed by atoms with Crippen molar-refractivity contribution in [2.24, 2.45) is 5.73 Å². The summed E-state index contributed by atoms with van der Waals surface area (Å²) in [4.78, 5) is 23.6. The zero-order valence-corrected chi connectivity index (χ0v) is 14.2. The molecule has 0 atom stereocenters. The lowest BCUT2D eigenvalue weighted by molar-refractivity contribution is -0.121. The summed E-state index contributed by atoms with van der Waals surface area (Å²) in [5.74, 6) is 0.519. The highest BCUT2D eigenvalue weighted by Crippen LogP contribution is 2.14. The summed E-state index contributed by atoms with van der Waals surface area (Å²) in [6.07, 6.45) is 0.354. The van der Waals surface area contributed by atoms with E-state index in [1.54, 1.807) is 24.3 Å². The number of hydrogen-bond acceptors (Lipinski definition) is 4. The number of Topliss-reactive ketones (excluding diaryl/α,β-unsaturated/α-hetero) is 1. The fraction of sp³-hybridized carbons (Fsp3) is 0.500. The van der Waals surface area contributed by atoms with Crippen LogP contribution in [0.5, 0.6) is 5.75 Å². The molecular formula is C16H25ClN2O3. The van der Waals surface area contributed by atoms with Crippen LogP contribution < -0.4 is 15.8 Å². The lowest BCUT2D eigenvalue weighted by Crippen LogP contribution is -2.45. The van der Waals surface area contributed by atoms with E-state index in [4.69, 9.17) is 10.5 Å². The highest BCUT2D eigenvalue weighted by Gasteiger charge is 2.13. The third kappa shape index (κ3) is 8.00. The standard InChI is InChI=1S/C16H24N2O3.ClH/c1-4-21-13-7-5-12(6-8-13)14(19)9-10-15(20)18-11-16(2,3)17;/h5-8H,4,9-11,17H2,1-3H3,(H,18,20);1H. The maximum Gasteiger partial charge on any atom is 0.220 e. The van der Waals surface area contributed by atoms with E-state index in [9.17, 15) is 9.59 Å². The maximum absolute atomic E-state index is 12.0. The van der Waals surface area contributed by atoms with Crippen LogP contribution in [0, 0.1) is 0 Å². The molecule has 124 valence electrons. The molecule has 0 aromatic heterocycles. The van der Waals surface area contributed by atoms with E-state index in [1.165, 1.54) is 0 Å². The molecule has 0 aliphatic carbocycles. The van der Waals surface area contributed by atoms with Crippen LogP contribution in [-0.2, 0) is 4.79 Å². The Morgan fingerprint density at radius 2 is 1.77 bits per heavy atom. The molecule has 1 amide bonds. The number of ketones is 1. The predicted octanol–water partition coefficient (Wildman–Crippen LogP) is 2.32. The van der Waals surface area contributed by atoms with Gasteiger partial charge in [-0.15, -0.1) is 12.4 Å². The van der Waals surface area contributed by atoms with E-state index in [2.05, 4.69) is 5.32 Å². The summed E-state index contributed by atoms with van der Waals surface area (Å²) in [5.41, 5.74) is 5.91. The van der Waals surface area contributed by atoms with Crippen molar-refractivity contribution in [2.75, 3.05) is 13.2 Å². The molecule has 1 rings (SSSR count). The van der Waals surface area contributed by atoms with E-state index < -0.39 is 5.54 Å². The van der Waals surface area contributed by atoms with Crippen molar-refractivity contribution < 1.29 is 14.3 Å². The van der Waals surface area contributed by atoms with Gasteiger partial charge >= 0.3 is 0 Å². The van der Waals surface area contributed by atoms with Gasteiger partial charge in [0.05, 0.1) is 6.61 Å². The van der Waals surface area contributed by atoms with Crippen LogP contribution in [0.3, 0.4) is 0 Å². The van der Waals surface area contributed by atoms with Crippen LogP contribution >= 0.6 is 12.4 Å². The molecule has 0 heterocycles. The van der Waals surface area contributed by atoms with E-state index >= 15 is 0 Å². The maximum atomic E-state index is 12.0. The quantitative estimate of drug-likeness (QED) is 0.718. The van der Waals surface area contributed by atoms with Gasteiger partial charge in [0.15, 0.2) is 5.78 Å². The first-order valence-electron chi connectivity index (χ1n) is 7.13. The molecule has 5 nitrogen and oxygen atoms in total. The Kier molecular flexibility index (Phi) is 8.75. The van der Waals surface area contributed by atoms with Crippen molar-refractivity contribution in [1.29, 1.82) is 0 Å². The highest BCUT2D eigenvalue weighted by molar-refractivity contribution is 5.98. The summed E-state index contributed by atoms with van der Waals surface area (Å²) in [6.45, 7) is 6.55. The van der Waals surface area contributed by atoms with E-state index in [-0.39, 0.29) is 36.9 Å². The van der Waals surface area contributed by atoms with Crippen LogP contribution in [0.25, 0.3) is 0 Å². The molecule has 3 N–H and O–H groups in total. The van der Waals surface area contributed by atoms with Gasteiger partial charge < -0.3 is 15.8 Å². The van der Waals surface area contributed by atoms with Gasteiger partial charge in [0.1, 0.15) is 5.75 Å². The molecule has 0 radical (unpaired) electrons. The molecule has 0 saturated heterocycles. The molecule has 0 unspecified atom stereocenters. The summed E-state index contributed by atoms with van der Waals surface area (Å²) in [5, 5.41) is 2.72. The first-order chi connectivity index (χ1) is 9.81. The minimum Gasteiger partial charge on any atom is -0.494 e. The first-order valence-corrected chi connectivity index (χ1v) is 7.13. The first kappa shape index (κ1) is 20.4. The van der Waals surface area contributed by atoms with Crippen molar-refractivity contribution in [1.82, 2.24) is 5.32 Å². The number of carbonyl (C=O) groups is 2. The lowest BCUT2D eigenvalue weighted by atomic mass is 10.1. The Morgan fingerprint density at radius 3 is 2.27 bits per heavy atom. The summed E-state index contributed by atoms with van der Waals surface area (Å²) >= 11 is 0. The summed E-state index contributed by atoms with van der Waals surface area (Å²) in [7, 11) is 0. The van der Waals surface area contributed by atoms with Crippen molar-refractivity contribution in [2.45, 2.75) is 39.2 Å². The Labute approximate surface area is 138 Å². The molecule has 6 heteroatoms. The Bertz CT molecular complexity index is 481. The van der Waals surface area contributed by atoms with Crippen molar-refractivity contribution in [3.63, 3.8) is 0 Å². The van der Waals surface area contributed by atoms with Gasteiger partial charge in [0.25, 0.3) is 0 Å². The van der Waals surface area contributed by atoms with Crippen LogP contribution in [0.1, 0.15) is 44.0 Å². The third-order valence-electron chi connectivity index (χ3n) is 2.81. The molecule has 0 fully saturated rings. The SMILES string of the molecule is CCOc1ccc(C(=O)CCC(=O)NCC(C)(C)N)cc1.Cl. The normalized spacial score (nSPS) is 10.5. The van der Waals surface area contributed by atoms with Crippen molar-refractivity contribution in [3.05, 3.63) is 29.8 Å². The van der Waals surface area contributed by atoms with Gasteiger partial charge in [-0.25, -0.2) is 0 Å². The van der Waals surface area contributed by atoms with Gasteiger partial charge in [-0.2, -0.15) is 0 Å². The monoisotopic (exact) mass is 328 g/mol. The van der Waals surface area contributed by atoms with Gasteiger partial charge in [0.2, 0.25) is 5.91 Å². The Balaban J connectivity index is 0.00000441. The fourth-order valence-corrected chi connectivity index (χ4v) is 1.69. The summed E-state index contributed by atoms with van der Waals surface area (Å²) < 4.78 is 5.32. The number of carbonyl (C=O) groups excluding carboxylic acids is 2. The van der Waals surface area contributed by atoms with Gasteiger partial charge in [-0.05, 0) is 45.0 Å². The third-order valence-corrected chi connectivity index (χ3v) is 2.81. The number of halogens is 1. The highest BCUT2D eigenvalue weighted by atomic mass is 35.5. The zero-order chi connectivity index (χ0) is 15.9. The minimum atomic E-state index is -0.450. The van der Waals surface area contributed by atoms with Crippen molar-refractivity contribution >= 4 is 24.1 Å². The van der Waals surface area contributed by atoms with Crippen LogP contribution in [0.2, 0.25) is 0 Å². The second kappa shape index (κ2) is 9.43. The predicted molar refractivity (Wildman–Crippen MR) is 89.7 cm³/mol. The van der Waals surface area contributed by atoms with E-state index in [0.29, 0.717) is 18.7 Å². The average molecular weight is 329 g/mol. The molecule has 0 spiro atoms. The Morgan fingerprint density at radius 1 is 1.18 bits per heavy atom. The zero-order valence-electron chi connectivity index (χ0n) is 13.3. The largest absolute Gasteiger partial charge is 0.494 e. The topological polar surface area (TPSA) is 81.4 Å². The fourth-order valence-electron chi connectivity index (χ4n) is 1.69. The number of nitrogens with one attached hydrogen (secondary N) is 1. The van der Waals surface area contributed by atoms with Crippen molar-refractivity contribution in [3.8, 4) is 5.75 Å². The van der Waals surface area contributed by atoms with Crippen LogP contribution in [-0.4, -0.2) is 30.4 Å². The van der Waals surface area contributed by atoms with Gasteiger partial charge in [-0.1, -0.05) is 0 Å². The molecule has 0 bridgehead atoms. The number of benzene rings is 1. The van der Waals surface area contributed by atoms with Crippen LogP contribution in [0.4, 0.5) is 0 Å². The number of ether oxygens (including phenoxy) is 1. The van der Waals surface area contributed by atoms with E-state index in [1.807, 2.05) is 20.8 Å². The number of nitrogens with two attached hydrogens (primary N) is 1. The number of amides is 1. The number of rotatable bonds is 8. The second-order valence-electron chi connectivity index (χ2n) is 5.65. The number of hydrogen-bond donors (Lipinski definition) is 2. The molecule has 1 aromatic carbocycles. The lowest BCUT2D eigenvalue weighted by Gasteiger charge is -2.18.